The van der Waals surface area contributed by atoms with E-state index in [-0.39, 0.29) is 4.21 Å². The molecule has 33 heavy (non-hydrogen) atoms. The van der Waals surface area contributed by atoms with Crippen molar-refractivity contribution < 1.29 is 34.8 Å². The second kappa shape index (κ2) is 8.44. The number of piperazine rings is 1. The van der Waals surface area contributed by atoms with Gasteiger partial charge in [-0.1, -0.05) is 6.07 Å². The van der Waals surface area contributed by atoms with Crippen LogP contribution >= 0.6 is 11.3 Å². The zero-order chi connectivity index (χ0) is 24.0. The van der Waals surface area contributed by atoms with Crippen molar-refractivity contribution >= 4 is 37.1 Å². The van der Waals surface area contributed by atoms with Crippen LogP contribution in [0.5, 0.6) is 0 Å². The molecular formula is C20H17F6N3O2S2. The molecule has 0 spiro atoms. The molecule has 1 N–H and O–H groups in total. The second-order valence-corrected chi connectivity index (χ2v) is 10.7. The first kappa shape index (κ1) is 23.8. The van der Waals surface area contributed by atoms with E-state index in [4.69, 9.17) is 0 Å². The summed E-state index contributed by atoms with van der Waals surface area (Å²) < 4.78 is 107. The van der Waals surface area contributed by atoms with Crippen molar-refractivity contribution in [2.24, 2.45) is 0 Å². The van der Waals surface area contributed by atoms with Crippen molar-refractivity contribution in [2.45, 2.75) is 22.3 Å². The van der Waals surface area contributed by atoms with Gasteiger partial charge in [-0.15, -0.1) is 11.3 Å². The Kier molecular flexibility index (Phi) is 6.08. The average molecular weight is 509 g/mol. The van der Waals surface area contributed by atoms with Crippen LogP contribution in [0, 0.1) is 0 Å². The number of thiophene rings is 1. The van der Waals surface area contributed by atoms with Crippen molar-refractivity contribution in [1.29, 1.82) is 0 Å². The highest BCUT2D eigenvalue weighted by Gasteiger charge is 2.42. The molecule has 2 aromatic heterocycles. The molecule has 3 aromatic rings. The third kappa shape index (κ3) is 4.80. The van der Waals surface area contributed by atoms with Crippen LogP contribution in [0.3, 0.4) is 0 Å². The van der Waals surface area contributed by atoms with Gasteiger partial charge in [-0.2, -0.15) is 26.3 Å². The number of halogens is 6. The summed E-state index contributed by atoms with van der Waals surface area (Å²) in [5, 5.41) is 3.67. The molecule has 1 fully saturated rings. The summed E-state index contributed by atoms with van der Waals surface area (Å²) in [6.07, 6.45) is -8.80. The molecule has 13 heteroatoms. The molecule has 0 atom stereocenters. The van der Waals surface area contributed by atoms with Gasteiger partial charge in [0.2, 0.25) is 0 Å². The van der Waals surface area contributed by atoms with Crippen LogP contribution in [-0.2, 0) is 27.9 Å². The number of rotatable bonds is 4. The molecule has 1 saturated heterocycles. The van der Waals surface area contributed by atoms with Gasteiger partial charge < -0.3 is 10.2 Å². The number of anilines is 1. The minimum absolute atomic E-state index is 0.313. The normalized spacial score (nSPS) is 15.9. The maximum absolute atomic E-state index is 13.4. The second-order valence-electron chi connectivity index (χ2n) is 7.44. The lowest BCUT2D eigenvalue weighted by Gasteiger charge is -2.28. The van der Waals surface area contributed by atoms with Gasteiger partial charge in [-0.25, -0.2) is 13.4 Å². The SMILES string of the molecule is O=S(=O)(Cc1c(C(F)(F)F)cccc1C(F)(F)F)c1cc2c(N3CCNCC3)nccc2s1. The van der Waals surface area contributed by atoms with E-state index in [9.17, 15) is 34.8 Å². The first-order chi connectivity index (χ1) is 15.4. The minimum Gasteiger partial charge on any atom is -0.354 e. The molecular weight excluding hydrogens is 492 g/mol. The molecule has 0 radical (unpaired) electrons. The van der Waals surface area contributed by atoms with Crippen molar-refractivity contribution in [1.82, 2.24) is 10.3 Å². The molecule has 178 valence electrons. The maximum atomic E-state index is 13.4. The number of fused-ring (bicyclic) bond motifs is 1. The van der Waals surface area contributed by atoms with Crippen LogP contribution in [0.2, 0.25) is 0 Å². The highest BCUT2D eigenvalue weighted by atomic mass is 32.2. The summed E-state index contributed by atoms with van der Waals surface area (Å²) >= 11 is 0.796. The maximum Gasteiger partial charge on any atom is 0.416 e. The van der Waals surface area contributed by atoms with Crippen LogP contribution in [0.4, 0.5) is 32.2 Å². The van der Waals surface area contributed by atoms with E-state index in [1.807, 2.05) is 4.90 Å². The molecule has 0 saturated carbocycles. The van der Waals surface area contributed by atoms with Gasteiger partial charge in [0.25, 0.3) is 0 Å². The van der Waals surface area contributed by atoms with Crippen molar-refractivity contribution in [3.63, 3.8) is 0 Å². The Hall–Kier alpha value is -2.38. The molecule has 0 bridgehead atoms. The lowest BCUT2D eigenvalue weighted by atomic mass is 10.0. The summed E-state index contributed by atoms with van der Waals surface area (Å²) in [6.45, 7) is 2.64. The number of sulfone groups is 1. The summed E-state index contributed by atoms with van der Waals surface area (Å²) in [6, 6.07) is 4.38. The zero-order valence-corrected chi connectivity index (χ0v) is 18.4. The Bertz CT molecular complexity index is 1250. The number of nitrogens with one attached hydrogen (secondary N) is 1. The van der Waals surface area contributed by atoms with Crippen LogP contribution in [0.25, 0.3) is 10.1 Å². The van der Waals surface area contributed by atoms with E-state index in [1.54, 1.807) is 6.07 Å². The van der Waals surface area contributed by atoms with Crippen LogP contribution in [0.15, 0.2) is 40.7 Å². The molecule has 4 rings (SSSR count). The van der Waals surface area contributed by atoms with E-state index in [2.05, 4.69) is 10.3 Å². The van der Waals surface area contributed by atoms with E-state index >= 15 is 0 Å². The molecule has 1 aliphatic heterocycles. The third-order valence-electron chi connectivity index (χ3n) is 5.25. The number of aromatic nitrogens is 1. The van der Waals surface area contributed by atoms with Gasteiger partial charge >= 0.3 is 12.4 Å². The Morgan fingerprint density at radius 3 is 2.18 bits per heavy atom. The van der Waals surface area contributed by atoms with Gasteiger partial charge in [0.1, 0.15) is 10.0 Å². The van der Waals surface area contributed by atoms with Gasteiger partial charge in [-0.3, -0.25) is 0 Å². The average Bonchev–Trinajstić information content (AvgIpc) is 3.18. The standard InChI is InChI=1S/C20H17F6N3O2S2/c21-19(22,23)14-2-1-3-15(20(24,25)26)13(14)11-33(30,31)17-10-12-16(32-17)4-5-28-18(12)29-8-6-27-7-9-29/h1-5,10,27H,6-9,11H2. The molecule has 1 aromatic carbocycles. The molecule has 0 aliphatic carbocycles. The number of nitrogens with zero attached hydrogens (tertiary/aromatic N) is 2. The van der Waals surface area contributed by atoms with Gasteiger partial charge in [0.15, 0.2) is 9.84 Å². The van der Waals surface area contributed by atoms with Crippen molar-refractivity contribution in [3.8, 4) is 0 Å². The Morgan fingerprint density at radius 2 is 1.61 bits per heavy atom. The highest BCUT2D eigenvalue weighted by molar-refractivity contribution is 7.92. The van der Waals surface area contributed by atoms with E-state index in [0.29, 0.717) is 60.3 Å². The van der Waals surface area contributed by atoms with E-state index < -0.39 is 44.6 Å². The predicted molar refractivity (Wildman–Crippen MR) is 112 cm³/mol. The first-order valence-corrected chi connectivity index (χ1v) is 12.2. The number of pyridine rings is 1. The molecule has 1 aliphatic rings. The fourth-order valence-corrected chi connectivity index (χ4v) is 6.61. The smallest absolute Gasteiger partial charge is 0.354 e. The number of hydrogen-bond donors (Lipinski definition) is 1. The lowest BCUT2D eigenvalue weighted by Crippen LogP contribution is -2.43. The van der Waals surface area contributed by atoms with Crippen LogP contribution in [-0.4, -0.2) is 39.6 Å². The molecule has 0 amide bonds. The topological polar surface area (TPSA) is 62.3 Å². The largest absolute Gasteiger partial charge is 0.416 e. The van der Waals surface area contributed by atoms with E-state index in [0.717, 1.165) is 11.3 Å². The fourth-order valence-electron chi connectivity index (χ4n) is 3.74. The Morgan fingerprint density at radius 1 is 1.00 bits per heavy atom. The third-order valence-corrected chi connectivity index (χ3v) is 8.55. The summed E-state index contributed by atoms with van der Waals surface area (Å²) in [7, 11) is -4.53. The number of alkyl halides is 6. The predicted octanol–water partition coefficient (Wildman–Crippen LogP) is 4.72. The minimum atomic E-state index is -5.15. The van der Waals surface area contributed by atoms with Gasteiger partial charge in [0.05, 0.1) is 16.9 Å². The van der Waals surface area contributed by atoms with Crippen molar-refractivity contribution in [2.75, 3.05) is 31.1 Å². The quantitative estimate of drug-likeness (QED) is 0.516. The monoisotopic (exact) mass is 509 g/mol. The Balaban J connectivity index is 1.79. The van der Waals surface area contributed by atoms with E-state index in [1.165, 1.54) is 12.3 Å². The summed E-state index contributed by atoms with van der Waals surface area (Å²) in [5.41, 5.74) is -4.55. The molecule has 5 nitrogen and oxygen atoms in total. The molecule has 0 unspecified atom stereocenters. The Labute approximate surface area is 189 Å². The lowest BCUT2D eigenvalue weighted by molar-refractivity contribution is -0.144. The fraction of sp³-hybridized carbons (Fsp3) is 0.350. The van der Waals surface area contributed by atoms with Gasteiger partial charge in [0, 0.05) is 42.5 Å². The highest BCUT2D eigenvalue weighted by Crippen LogP contribution is 2.42. The summed E-state index contributed by atoms with van der Waals surface area (Å²) in [4.78, 5) is 6.26. The molecule has 3 heterocycles. The number of hydrogen-bond acceptors (Lipinski definition) is 6. The first-order valence-electron chi connectivity index (χ1n) is 9.71. The zero-order valence-electron chi connectivity index (χ0n) is 16.8. The van der Waals surface area contributed by atoms with Crippen LogP contribution in [0.1, 0.15) is 16.7 Å². The number of benzene rings is 1. The van der Waals surface area contributed by atoms with Crippen LogP contribution < -0.4 is 10.2 Å². The summed E-state index contributed by atoms with van der Waals surface area (Å²) in [5.74, 6) is -0.904. The van der Waals surface area contributed by atoms with Gasteiger partial charge in [-0.05, 0) is 29.8 Å². The van der Waals surface area contributed by atoms with Crippen molar-refractivity contribution in [3.05, 3.63) is 53.2 Å².